The SMILES string of the molecule is Cc1cc(=O)c(C(=O)NC(C)(CN)C(C)C)nn1-c1cccc(C(F)(F)F)c1. The molecule has 1 amide bonds. The fourth-order valence-electron chi connectivity index (χ4n) is 2.53. The number of nitrogens with one attached hydrogen (secondary N) is 1. The molecule has 0 aliphatic rings. The Bertz CT molecular complexity index is 938. The van der Waals surface area contributed by atoms with Crippen molar-refractivity contribution in [2.24, 2.45) is 11.7 Å². The molecule has 152 valence electrons. The Morgan fingerprint density at radius 3 is 2.46 bits per heavy atom. The van der Waals surface area contributed by atoms with Crippen LogP contribution in [-0.4, -0.2) is 27.8 Å². The number of hydrogen-bond acceptors (Lipinski definition) is 4. The number of halogens is 3. The number of benzene rings is 1. The van der Waals surface area contributed by atoms with Crippen LogP contribution in [0.15, 0.2) is 35.1 Å². The Morgan fingerprint density at radius 1 is 1.29 bits per heavy atom. The molecule has 6 nitrogen and oxygen atoms in total. The number of nitrogens with zero attached hydrogens (tertiary/aromatic N) is 2. The molecular weight excluding hydrogens is 373 g/mol. The van der Waals surface area contributed by atoms with E-state index < -0.39 is 34.3 Å². The van der Waals surface area contributed by atoms with Gasteiger partial charge in [-0.25, -0.2) is 4.68 Å². The number of aryl methyl sites for hydroxylation is 1. The number of rotatable bonds is 5. The fourth-order valence-corrected chi connectivity index (χ4v) is 2.53. The lowest BCUT2D eigenvalue weighted by Gasteiger charge is -2.33. The molecule has 0 spiro atoms. The van der Waals surface area contributed by atoms with Gasteiger partial charge in [0, 0.05) is 18.3 Å². The summed E-state index contributed by atoms with van der Waals surface area (Å²) in [6, 6.07) is 5.66. The predicted octanol–water partition coefficient (Wildman–Crippen LogP) is 2.66. The second kappa shape index (κ2) is 7.75. The molecule has 2 rings (SSSR count). The largest absolute Gasteiger partial charge is 0.416 e. The Hall–Kier alpha value is -2.68. The van der Waals surface area contributed by atoms with Crippen molar-refractivity contribution < 1.29 is 18.0 Å². The number of alkyl halides is 3. The van der Waals surface area contributed by atoms with Gasteiger partial charge in [-0.1, -0.05) is 19.9 Å². The van der Waals surface area contributed by atoms with E-state index in [0.29, 0.717) is 5.69 Å². The lowest BCUT2D eigenvalue weighted by molar-refractivity contribution is -0.137. The van der Waals surface area contributed by atoms with Crippen molar-refractivity contribution >= 4 is 5.91 Å². The van der Waals surface area contributed by atoms with Crippen molar-refractivity contribution in [3.63, 3.8) is 0 Å². The molecule has 1 heterocycles. The number of hydrogen-bond donors (Lipinski definition) is 2. The third-order valence-corrected chi connectivity index (χ3v) is 4.84. The highest BCUT2D eigenvalue weighted by atomic mass is 19.4. The van der Waals surface area contributed by atoms with Crippen molar-refractivity contribution in [1.82, 2.24) is 15.1 Å². The number of carbonyl (C=O) groups is 1. The van der Waals surface area contributed by atoms with Crippen LogP contribution in [0.3, 0.4) is 0 Å². The standard InChI is InChI=1S/C19H23F3N4O2/c1-11(2)18(4,10-23)24-17(28)16-15(27)8-12(3)26(25-16)14-7-5-6-13(9-14)19(20,21)22/h5-9,11H,10,23H2,1-4H3,(H,24,28). The minimum Gasteiger partial charge on any atom is -0.344 e. The summed E-state index contributed by atoms with van der Waals surface area (Å²) in [7, 11) is 0. The average Bonchev–Trinajstić information content (AvgIpc) is 2.60. The highest BCUT2D eigenvalue weighted by molar-refractivity contribution is 5.92. The monoisotopic (exact) mass is 396 g/mol. The summed E-state index contributed by atoms with van der Waals surface area (Å²) < 4.78 is 40.1. The van der Waals surface area contributed by atoms with Gasteiger partial charge in [-0.15, -0.1) is 0 Å². The second-order valence-corrected chi connectivity index (χ2v) is 7.19. The zero-order valence-corrected chi connectivity index (χ0v) is 16.1. The quantitative estimate of drug-likeness (QED) is 0.813. The first kappa shape index (κ1) is 21.6. The predicted molar refractivity (Wildman–Crippen MR) is 99.3 cm³/mol. The summed E-state index contributed by atoms with van der Waals surface area (Å²) >= 11 is 0. The highest BCUT2D eigenvalue weighted by Crippen LogP contribution is 2.30. The van der Waals surface area contributed by atoms with Gasteiger partial charge in [-0.2, -0.15) is 18.3 Å². The van der Waals surface area contributed by atoms with Gasteiger partial charge in [0.15, 0.2) is 5.69 Å². The molecule has 28 heavy (non-hydrogen) atoms. The first-order chi connectivity index (χ1) is 12.9. The van der Waals surface area contributed by atoms with E-state index >= 15 is 0 Å². The van der Waals surface area contributed by atoms with Crippen LogP contribution in [0, 0.1) is 12.8 Å². The van der Waals surface area contributed by atoms with Crippen LogP contribution in [-0.2, 0) is 6.18 Å². The minimum absolute atomic E-state index is 0.0161. The van der Waals surface area contributed by atoms with Crippen molar-refractivity contribution in [2.75, 3.05) is 6.54 Å². The van der Waals surface area contributed by atoms with Crippen LogP contribution in [0.25, 0.3) is 5.69 Å². The summed E-state index contributed by atoms with van der Waals surface area (Å²) in [5.74, 6) is -0.745. The van der Waals surface area contributed by atoms with Crippen molar-refractivity contribution in [3.8, 4) is 5.69 Å². The van der Waals surface area contributed by atoms with Gasteiger partial charge in [-0.3, -0.25) is 9.59 Å². The van der Waals surface area contributed by atoms with Gasteiger partial charge in [0.1, 0.15) is 0 Å². The fraction of sp³-hybridized carbons (Fsp3) is 0.421. The normalized spacial score (nSPS) is 14.0. The third-order valence-electron chi connectivity index (χ3n) is 4.84. The van der Waals surface area contributed by atoms with Gasteiger partial charge in [0.2, 0.25) is 5.43 Å². The van der Waals surface area contributed by atoms with Crippen LogP contribution >= 0.6 is 0 Å². The van der Waals surface area contributed by atoms with Gasteiger partial charge >= 0.3 is 6.18 Å². The second-order valence-electron chi connectivity index (χ2n) is 7.19. The van der Waals surface area contributed by atoms with E-state index in [1.807, 2.05) is 13.8 Å². The maximum atomic E-state index is 13.0. The number of amides is 1. The van der Waals surface area contributed by atoms with E-state index in [1.54, 1.807) is 6.92 Å². The summed E-state index contributed by atoms with van der Waals surface area (Å²) in [6.07, 6.45) is -4.52. The zero-order valence-electron chi connectivity index (χ0n) is 16.1. The molecule has 1 aromatic carbocycles. The molecular formula is C19H23F3N4O2. The molecule has 9 heteroatoms. The van der Waals surface area contributed by atoms with Gasteiger partial charge in [0.05, 0.1) is 16.8 Å². The van der Waals surface area contributed by atoms with Crippen LogP contribution in [0.5, 0.6) is 0 Å². The molecule has 3 N–H and O–H groups in total. The topological polar surface area (TPSA) is 90.0 Å². The Labute approximate surface area is 160 Å². The van der Waals surface area contributed by atoms with Gasteiger partial charge in [-0.05, 0) is 38.0 Å². The van der Waals surface area contributed by atoms with Crippen LogP contribution in [0.2, 0.25) is 0 Å². The first-order valence-electron chi connectivity index (χ1n) is 8.70. The zero-order chi connectivity index (χ0) is 21.3. The van der Waals surface area contributed by atoms with Gasteiger partial charge < -0.3 is 11.1 Å². The Kier molecular flexibility index (Phi) is 5.98. The summed E-state index contributed by atoms with van der Waals surface area (Å²) in [5, 5.41) is 6.74. The van der Waals surface area contributed by atoms with E-state index in [4.69, 9.17) is 5.73 Å². The maximum absolute atomic E-state index is 13.0. The average molecular weight is 396 g/mol. The van der Waals surface area contributed by atoms with Crippen LogP contribution in [0.1, 0.15) is 42.5 Å². The number of nitrogens with two attached hydrogens (primary N) is 1. The Morgan fingerprint density at radius 2 is 1.93 bits per heavy atom. The molecule has 0 bridgehead atoms. The van der Waals surface area contributed by atoms with Crippen molar-refractivity contribution in [1.29, 1.82) is 0 Å². The lowest BCUT2D eigenvalue weighted by atomic mass is 9.88. The smallest absolute Gasteiger partial charge is 0.344 e. The number of aromatic nitrogens is 2. The minimum atomic E-state index is -4.52. The van der Waals surface area contributed by atoms with E-state index in [2.05, 4.69) is 10.4 Å². The summed E-state index contributed by atoms with van der Waals surface area (Å²) in [4.78, 5) is 24.9. The molecule has 2 aromatic rings. The number of carbonyl (C=O) groups excluding carboxylic acids is 1. The maximum Gasteiger partial charge on any atom is 0.416 e. The molecule has 0 aliphatic heterocycles. The molecule has 0 aliphatic carbocycles. The summed E-state index contributed by atoms with van der Waals surface area (Å²) in [6.45, 7) is 7.15. The lowest BCUT2D eigenvalue weighted by Crippen LogP contribution is -2.55. The molecule has 0 fully saturated rings. The molecule has 0 saturated carbocycles. The van der Waals surface area contributed by atoms with Crippen molar-refractivity contribution in [2.45, 2.75) is 39.4 Å². The molecule has 0 radical (unpaired) electrons. The third kappa shape index (κ3) is 4.41. The van der Waals surface area contributed by atoms with E-state index in [0.717, 1.165) is 22.9 Å². The van der Waals surface area contributed by atoms with Crippen LogP contribution < -0.4 is 16.5 Å². The van der Waals surface area contributed by atoms with E-state index in [-0.39, 0.29) is 18.2 Å². The van der Waals surface area contributed by atoms with Crippen molar-refractivity contribution in [3.05, 3.63) is 57.5 Å². The van der Waals surface area contributed by atoms with Crippen LogP contribution in [0.4, 0.5) is 13.2 Å². The highest BCUT2D eigenvalue weighted by Gasteiger charge is 2.32. The molecule has 1 atom stereocenters. The molecule has 1 unspecified atom stereocenters. The molecule has 0 saturated heterocycles. The first-order valence-corrected chi connectivity index (χ1v) is 8.70. The molecule has 1 aromatic heterocycles. The van der Waals surface area contributed by atoms with E-state index in [1.165, 1.54) is 19.1 Å². The van der Waals surface area contributed by atoms with Gasteiger partial charge in [0.25, 0.3) is 5.91 Å². The summed E-state index contributed by atoms with van der Waals surface area (Å²) in [5.41, 5.74) is 3.48. The van der Waals surface area contributed by atoms with E-state index in [9.17, 15) is 22.8 Å². The Balaban J connectivity index is 2.51.